The van der Waals surface area contributed by atoms with E-state index < -0.39 is 0 Å². The van der Waals surface area contributed by atoms with Crippen LogP contribution in [0.1, 0.15) is 30.7 Å². The van der Waals surface area contributed by atoms with Crippen molar-refractivity contribution in [1.29, 1.82) is 0 Å². The molecular weight excluding hydrogens is 269 g/mol. The fraction of sp³-hybridized carbons (Fsp3) is 0.278. The average Bonchev–Trinajstić information content (AvgIpc) is 2.70. The first-order chi connectivity index (χ1) is 10.4. The highest BCUT2D eigenvalue weighted by molar-refractivity contribution is 6.30. The molecule has 3 nitrogen and oxygen atoms in total. The summed E-state index contributed by atoms with van der Waals surface area (Å²) in [4.78, 5) is 4.00. The second-order valence-electron chi connectivity index (χ2n) is 5.86. The SMILES string of the molecule is [B]c1cc(NC(=C)c2c(/C=C\C(C)C)c(C)cn2C)ccn1. The Morgan fingerprint density at radius 3 is 2.82 bits per heavy atom. The van der Waals surface area contributed by atoms with Gasteiger partial charge in [0.2, 0.25) is 0 Å². The van der Waals surface area contributed by atoms with Gasteiger partial charge in [-0.15, -0.1) is 0 Å². The molecule has 0 aliphatic heterocycles. The number of nitrogens with one attached hydrogen (secondary N) is 1. The maximum absolute atomic E-state index is 5.72. The predicted molar refractivity (Wildman–Crippen MR) is 96.3 cm³/mol. The molecule has 22 heavy (non-hydrogen) atoms. The van der Waals surface area contributed by atoms with Gasteiger partial charge in [-0.25, -0.2) is 0 Å². The van der Waals surface area contributed by atoms with Crippen molar-refractivity contribution in [2.24, 2.45) is 13.0 Å². The summed E-state index contributed by atoms with van der Waals surface area (Å²) in [7, 11) is 7.75. The molecule has 2 rings (SSSR count). The van der Waals surface area contributed by atoms with Gasteiger partial charge in [0.25, 0.3) is 0 Å². The number of aryl methyl sites for hydroxylation is 2. The molecular formula is C18H22BN3. The van der Waals surface area contributed by atoms with E-state index in [1.165, 1.54) is 11.1 Å². The van der Waals surface area contributed by atoms with Crippen LogP contribution in [-0.4, -0.2) is 17.4 Å². The van der Waals surface area contributed by atoms with E-state index >= 15 is 0 Å². The Morgan fingerprint density at radius 2 is 2.18 bits per heavy atom. The lowest BCUT2D eigenvalue weighted by Crippen LogP contribution is -2.10. The van der Waals surface area contributed by atoms with Crippen LogP contribution in [0.2, 0.25) is 0 Å². The van der Waals surface area contributed by atoms with E-state index in [-0.39, 0.29) is 0 Å². The van der Waals surface area contributed by atoms with Crippen molar-refractivity contribution in [2.45, 2.75) is 20.8 Å². The zero-order valence-electron chi connectivity index (χ0n) is 13.7. The molecule has 0 bridgehead atoms. The van der Waals surface area contributed by atoms with Gasteiger partial charge in [0, 0.05) is 30.7 Å². The van der Waals surface area contributed by atoms with Gasteiger partial charge in [0.05, 0.1) is 11.4 Å². The molecule has 112 valence electrons. The summed E-state index contributed by atoms with van der Waals surface area (Å²) >= 11 is 0. The van der Waals surface area contributed by atoms with Crippen molar-refractivity contribution in [2.75, 3.05) is 5.32 Å². The van der Waals surface area contributed by atoms with Crippen molar-refractivity contribution in [3.8, 4) is 0 Å². The highest BCUT2D eigenvalue weighted by atomic mass is 15.0. The quantitative estimate of drug-likeness (QED) is 0.857. The molecule has 2 radical (unpaired) electrons. The smallest absolute Gasteiger partial charge is 0.141 e. The number of nitrogens with zero attached hydrogens (tertiary/aromatic N) is 2. The zero-order chi connectivity index (χ0) is 16.3. The maximum Gasteiger partial charge on any atom is 0.141 e. The molecule has 0 aliphatic carbocycles. The molecule has 0 saturated heterocycles. The average molecular weight is 291 g/mol. The molecule has 1 N–H and O–H groups in total. The van der Waals surface area contributed by atoms with E-state index in [4.69, 9.17) is 7.85 Å². The molecule has 2 aromatic rings. The second-order valence-corrected chi connectivity index (χ2v) is 5.86. The lowest BCUT2D eigenvalue weighted by molar-refractivity contribution is 0.836. The van der Waals surface area contributed by atoms with Crippen molar-refractivity contribution in [3.05, 3.63) is 54.0 Å². The van der Waals surface area contributed by atoms with Gasteiger partial charge < -0.3 is 9.88 Å². The third kappa shape index (κ3) is 3.70. The Hall–Kier alpha value is -2.23. The van der Waals surface area contributed by atoms with Crippen LogP contribution in [0.4, 0.5) is 5.69 Å². The summed E-state index contributed by atoms with van der Waals surface area (Å²) in [5.41, 5.74) is 5.70. The summed E-state index contributed by atoms with van der Waals surface area (Å²) < 4.78 is 2.09. The van der Waals surface area contributed by atoms with Gasteiger partial charge in [-0.1, -0.05) is 32.6 Å². The zero-order valence-corrected chi connectivity index (χ0v) is 13.7. The first-order valence-corrected chi connectivity index (χ1v) is 7.40. The summed E-state index contributed by atoms with van der Waals surface area (Å²) in [5, 5.41) is 3.31. The normalized spacial score (nSPS) is 11.3. The van der Waals surface area contributed by atoms with Crippen LogP contribution in [-0.2, 0) is 7.05 Å². The lowest BCUT2D eigenvalue weighted by Gasteiger charge is -2.13. The fourth-order valence-electron chi connectivity index (χ4n) is 2.44. The number of pyridine rings is 1. The van der Waals surface area contributed by atoms with Crippen LogP contribution in [0.3, 0.4) is 0 Å². The van der Waals surface area contributed by atoms with E-state index in [9.17, 15) is 0 Å². The van der Waals surface area contributed by atoms with Crippen LogP contribution >= 0.6 is 0 Å². The lowest BCUT2D eigenvalue weighted by atomic mass is 10.0. The fourth-order valence-corrected chi connectivity index (χ4v) is 2.44. The number of rotatable bonds is 5. The summed E-state index contributed by atoms with van der Waals surface area (Å²) in [6, 6.07) is 3.67. The van der Waals surface area contributed by atoms with Crippen LogP contribution < -0.4 is 10.9 Å². The molecule has 2 heterocycles. The van der Waals surface area contributed by atoms with Crippen molar-refractivity contribution < 1.29 is 0 Å². The van der Waals surface area contributed by atoms with E-state index in [2.05, 4.69) is 60.6 Å². The highest BCUT2D eigenvalue weighted by Gasteiger charge is 2.12. The number of aromatic nitrogens is 2. The van der Waals surface area contributed by atoms with Gasteiger partial charge in [0.15, 0.2) is 0 Å². The van der Waals surface area contributed by atoms with Crippen LogP contribution in [0.15, 0.2) is 37.2 Å². The second kappa shape index (κ2) is 6.69. The predicted octanol–water partition coefficient (Wildman–Crippen LogP) is 3.27. The van der Waals surface area contributed by atoms with E-state index in [0.717, 1.165) is 17.1 Å². The molecule has 0 unspecified atom stereocenters. The number of hydrogen-bond donors (Lipinski definition) is 1. The Balaban J connectivity index is 2.33. The summed E-state index contributed by atoms with van der Waals surface area (Å²) in [6.07, 6.45) is 8.16. The summed E-state index contributed by atoms with van der Waals surface area (Å²) in [6.45, 7) is 10.6. The summed E-state index contributed by atoms with van der Waals surface area (Å²) in [5.74, 6) is 0.508. The van der Waals surface area contributed by atoms with Gasteiger partial charge in [-0.2, -0.15) is 0 Å². The topological polar surface area (TPSA) is 29.9 Å². The first kappa shape index (κ1) is 16.2. The van der Waals surface area contributed by atoms with Crippen molar-refractivity contribution >= 4 is 30.9 Å². The first-order valence-electron chi connectivity index (χ1n) is 7.40. The number of allylic oxidation sites excluding steroid dienone is 1. The van der Waals surface area contributed by atoms with E-state index in [1.54, 1.807) is 12.3 Å². The third-order valence-corrected chi connectivity index (χ3v) is 3.43. The minimum absolute atomic E-state index is 0.487. The van der Waals surface area contributed by atoms with Gasteiger partial charge in [-0.3, -0.25) is 4.98 Å². The Morgan fingerprint density at radius 1 is 1.45 bits per heavy atom. The minimum Gasteiger partial charge on any atom is -0.354 e. The largest absolute Gasteiger partial charge is 0.354 e. The van der Waals surface area contributed by atoms with Crippen LogP contribution in [0.25, 0.3) is 11.8 Å². The number of anilines is 1. The molecule has 0 aliphatic rings. The standard InChI is InChI=1S/C18H22BN3/c1-12(2)6-7-16-13(3)11-22(5)18(16)14(4)21-15-8-9-20-17(19)10-15/h6-12H,4H2,1-3,5H3,(H,20,21)/b7-6-. The molecule has 0 aromatic carbocycles. The molecule has 4 heteroatoms. The Kier molecular flexibility index (Phi) is 4.91. The third-order valence-electron chi connectivity index (χ3n) is 3.43. The van der Waals surface area contributed by atoms with Gasteiger partial charge in [0.1, 0.15) is 7.85 Å². The molecule has 0 spiro atoms. The van der Waals surface area contributed by atoms with Crippen molar-refractivity contribution in [1.82, 2.24) is 9.55 Å². The van der Waals surface area contributed by atoms with E-state index in [0.29, 0.717) is 11.5 Å². The van der Waals surface area contributed by atoms with Crippen molar-refractivity contribution in [3.63, 3.8) is 0 Å². The van der Waals surface area contributed by atoms with Gasteiger partial charge in [-0.05, 0) is 36.1 Å². The molecule has 0 atom stereocenters. The van der Waals surface area contributed by atoms with E-state index in [1.807, 2.05) is 13.1 Å². The maximum atomic E-state index is 5.72. The number of hydrogen-bond acceptors (Lipinski definition) is 2. The molecule has 2 aromatic heterocycles. The monoisotopic (exact) mass is 291 g/mol. The molecule has 0 saturated carbocycles. The van der Waals surface area contributed by atoms with Crippen LogP contribution in [0.5, 0.6) is 0 Å². The Labute approximate surface area is 134 Å². The van der Waals surface area contributed by atoms with Crippen LogP contribution in [0, 0.1) is 12.8 Å². The highest BCUT2D eigenvalue weighted by Crippen LogP contribution is 2.25. The minimum atomic E-state index is 0.487. The Bertz CT molecular complexity index is 711. The van der Waals surface area contributed by atoms with Gasteiger partial charge >= 0.3 is 0 Å². The molecule has 0 fully saturated rings. The molecule has 0 amide bonds.